The Hall–Kier alpha value is -2.34. The third-order valence-electron chi connectivity index (χ3n) is 4.46. The molecule has 2 heterocycles. The first-order chi connectivity index (χ1) is 12.1. The van der Waals surface area contributed by atoms with Crippen LogP contribution in [-0.4, -0.2) is 48.3 Å². The number of fused-ring (bicyclic) bond motifs is 1. The summed E-state index contributed by atoms with van der Waals surface area (Å²) in [5.41, 5.74) is 1.79. The number of ether oxygens (including phenoxy) is 2. The second-order valence-corrected chi connectivity index (χ2v) is 6.28. The van der Waals surface area contributed by atoms with Crippen molar-refractivity contribution in [3.8, 4) is 5.75 Å². The quantitative estimate of drug-likeness (QED) is 0.832. The largest absolute Gasteiger partial charge is 0.484 e. The lowest BCUT2D eigenvalue weighted by Gasteiger charge is -2.26. The zero-order valence-corrected chi connectivity index (χ0v) is 14.8. The molecule has 1 aromatic carbocycles. The summed E-state index contributed by atoms with van der Waals surface area (Å²) in [6.45, 7) is 6.99. The van der Waals surface area contributed by atoms with Crippen LogP contribution in [0.3, 0.4) is 0 Å². The first-order valence-corrected chi connectivity index (χ1v) is 8.72. The van der Waals surface area contributed by atoms with Gasteiger partial charge in [0, 0.05) is 37.2 Å². The Morgan fingerprint density at radius 2 is 2.00 bits per heavy atom. The SMILES string of the molecule is CCCn1c(=O)cc(C)c2ccc(OCC(=O)N3CCOCC3)cc21. The lowest BCUT2D eigenvalue weighted by molar-refractivity contribution is -0.137. The molecule has 0 spiro atoms. The van der Waals surface area contributed by atoms with E-state index >= 15 is 0 Å². The third kappa shape index (κ3) is 3.85. The number of hydrogen-bond acceptors (Lipinski definition) is 4. The topological polar surface area (TPSA) is 60.8 Å². The van der Waals surface area contributed by atoms with Gasteiger partial charge in [-0.15, -0.1) is 0 Å². The molecule has 2 aromatic rings. The van der Waals surface area contributed by atoms with E-state index in [9.17, 15) is 9.59 Å². The summed E-state index contributed by atoms with van der Waals surface area (Å²) >= 11 is 0. The molecule has 1 aliphatic rings. The second kappa shape index (κ2) is 7.70. The van der Waals surface area contributed by atoms with Crippen LogP contribution in [0.25, 0.3) is 10.9 Å². The average Bonchev–Trinajstić information content (AvgIpc) is 2.63. The summed E-state index contributed by atoms with van der Waals surface area (Å²) in [5.74, 6) is 0.558. The number of aryl methyl sites for hydroxylation is 2. The predicted molar refractivity (Wildman–Crippen MR) is 96.1 cm³/mol. The number of carbonyl (C=O) groups is 1. The molecule has 1 aliphatic heterocycles. The fraction of sp³-hybridized carbons (Fsp3) is 0.474. The van der Waals surface area contributed by atoms with E-state index in [4.69, 9.17) is 9.47 Å². The Kier molecular flexibility index (Phi) is 5.38. The maximum atomic E-state index is 12.3. The normalized spacial score (nSPS) is 14.7. The molecule has 0 bridgehead atoms. The molecule has 0 N–H and O–H groups in total. The van der Waals surface area contributed by atoms with Gasteiger partial charge in [0.05, 0.1) is 18.7 Å². The van der Waals surface area contributed by atoms with Gasteiger partial charge in [0.15, 0.2) is 6.61 Å². The van der Waals surface area contributed by atoms with E-state index in [-0.39, 0.29) is 18.1 Å². The average molecular weight is 344 g/mol. The summed E-state index contributed by atoms with van der Waals surface area (Å²) in [5, 5.41) is 1.03. The lowest BCUT2D eigenvalue weighted by Crippen LogP contribution is -2.42. The van der Waals surface area contributed by atoms with Gasteiger partial charge in [0.1, 0.15) is 5.75 Å². The monoisotopic (exact) mass is 344 g/mol. The fourth-order valence-corrected chi connectivity index (χ4v) is 3.12. The Bertz CT molecular complexity index is 822. The number of pyridine rings is 1. The number of rotatable bonds is 5. The molecule has 1 saturated heterocycles. The molecule has 0 unspecified atom stereocenters. The fourth-order valence-electron chi connectivity index (χ4n) is 3.12. The van der Waals surface area contributed by atoms with Gasteiger partial charge >= 0.3 is 0 Å². The van der Waals surface area contributed by atoms with Gasteiger partial charge in [-0.1, -0.05) is 6.92 Å². The molecular weight excluding hydrogens is 320 g/mol. The minimum Gasteiger partial charge on any atom is -0.484 e. The Morgan fingerprint density at radius 1 is 1.24 bits per heavy atom. The molecular formula is C19H24N2O4. The number of amides is 1. The first-order valence-electron chi connectivity index (χ1n) is 8.72. The number of benzene rings is 1. The minimum absolute atomic E-state index is 0.00463. The number of aromatic nitrogens is 1. The van der Waals surface area contributed by atoms with Gasteiger partial charge < -0.3 is 18.9 Å². The smallest absolute Gasteiger partial charge is 0.260 e. The standard InChI is InChI=1S/C19H24N2O4/c1-3-6-21-17-12-15(4-5-16(17)14(2)11-18(21)22)25-13-19(23)20-7-9-24-10-8-20/h4-5,11-12H,3,6-10,13H2,1-2H3. The van der Waals surface area contributed by atoms with Crippen LogP contribution in [0.15, 0.2) is 29.1 Å². The van der Waals surface area contributed by atoms with E-state index < -0.39 is 0 Å². The highest BCUT2D eigenvalue weighted by molar-refractivity contribution is 5.84. The molecule has 134 valence electrons. The predicted octanol–water partition coefficient (Wildman–Crippen LogP) is 1.96. The highest BCUT2D eigenvalue weighted by Crippen LogP contribution is 2.22. The van der Waals surface area contributed by atoms with E-state index in [0.29, 0.717) is 38.6 Å². The molecule has 0 aliphatic carbocycles. The number of hydrogen-bond donors (Lipinski definition) is 0. The molecule has 6 nitrogen and oxygen atoms in total. The van der Waals surface area contributed by atoms with E-state index in [1.165, 1.54) is 0 Å². The van der Waals surface area contributed by atoms with Crippen molar-refractivity contribution in [2.75, 3.05) is 32.9 Å². The molecule has 0 atom stereocenters. The summed E-state index contributed by atoms with van der Waals surface area (Å²) in [7, 11) is 0. The third-order valence-corrected chi connectivity index (χ3v) is 4.46. The van der Waals surface area contributed by atoms with Crippen LogP contribution in [0.4, 0.5) is 0 Å². The molecule has 3 rings (SSSR count). The van der Waals surface area contributed by atoms with Crippen LogP contribution in [0.2, 0.25) is 0 Å². The molecule has 1 aromatic heterocycles. The summed E-state index contributed by atoms with van der Waals surface area (Å²) in [6, 6.07) is 7.32. The van der Waals surface area contributed by atoms with Crippen molar-refractivity contribution in [2.24, 2.45) is 0 Å². The minimum atomic E-state index is -0.0430. The highest BCUT2D eigenvalue weighted by Gasteiger charge is 2.17. The van der Waals surface area contributed by atoms with Crippen LogP contribution >= 0.6 is 0 Å². The lowest BCUT2D eigenvalue weighted by atomic mass is 10.1. The van der Waals surface area contributed by atoms with Gasteiger partial charge in [0.25, 0.3) is 11.5 Å². The Labute approximate surface area is 146 Å². The van der Waals surface area contributed by atoms with Gasteiger partial charge in [-0.3, -0.25) is 9.59 Å². The van der Waals surface area contributed by atoms with E-state index in [1.54, 1.807) is 15.5 Å². The van der Waals surface area contributed by atoms with Crippen LogP contribution in [0.5, 0.6) is 5.75 Å². The zero-order valence-electron chi connectivity index (χ0n) is 14.8. The van der Waals surface area contributed by atoms with Crippen molar-refractivity contribution in [1.29, 1.82) is 0 Å². The number of morpholine rings is 1. The van der Waals surface area contributed by atoms with Gasteiger partial charge in [-0.2, -0.15) is 0 Å². The van der Waals surface area contributed by atoms with Crippen molar-refractivity contribution in [3.05, 3.63) is 40.2 Å². The maximum Gasteiger partial charge on any atom is 0.260 e. The summed E-state index contributed by atoms with van der Waals surface area (Å²) < 4.78 is 12.7. The van der Waals surface area contributed by atoms with Crippen molar-refractivity contribution in [1.82, 2.24) is 9.47 Å². The van der Waals surface area contributed by atoms with Crippen LogP contribution in [0, 0.1) is 6.92 Å². The van der Waals surface area contributed by atoms with Gasteiger partial charge in [-0.05, 0) is 31.0 Å². The van der Waals surface area contributed by atoms with Crippen molar-refractivity contribution >= 4 is 16.8 Å². The molecule has 25 heavy (non-hydrogen) atoms. The molecule has 6 heteroatoms. The van der Waals surface area contributed by atoms with Crippen LogP contribution in [0.1, 0.15) is 18.9 Å². The Morgan fingerprint density at radius 3 is 2.72 bits per heavy atom. The molecule has 0 saturated carbocycles. The molecule has 0 radical (unpaired) electrons. The van der Waals surface area contributed by atoms with Crippen molar-refractivity contribution < 1.29 is 14.3 Å². The van der Waals surface area contributed by atoms with E-state index in [2.05, 4.69) is 0 Å². The first kappa shape index (κ1) is 17.5. The van der Waals surface area contributed by atoms with E-state index in [0.717, 1.165) is 22.9 Å². The zero-order chi connectivity index (χ0) is 17.8. The van der Waals surface area contributed by atoms with Crippen molar-refractivity contribution in [3.63, 3.8) is 0 Å². The second-order valence-electron chi connectivity index (χ2n) is 6.28. The number of nitrogens with zero attached hydrogens (tertiary/aromatic N) is 2. The summed E-state index contributed by atoms with van der Waals surface area (Å²) in [6.07, 6.45) is 0.874. The Balaban J connectivity index is 1.81. The molecule has 1 amide bonds. The highest BCUT2D eigenvalue weighted by atomic mass is 16.5. The van der Waals surface area contributed by atoms with Crippen molar-refractivity contribution in [2.45, 2.75) is 26.8 Å². The molecule has 1 fully saturated rings. The number of carbonyl (C=O) groups excluding carboxylic acids is 1. The van der Waals surface area contributed by atoms with Crippen LogP contribution in [-0.2, 0) is 16.1 Å². The summed E-state index contributed by atoms with van der Waals surface area (Å²) in [4.78, 5) is 26.2. The van der Waals surface area contributed by atoms with Gasteiger partial charge in [-0.25, -0.2) is 0 Å². The maximum absolute atomic E-state index is 12.3. The van der Waals surface area contributed by atoms with Gasteiger partial charge in [0.2, 0.25) is 0 Å². The van der Waals surface area contributed by atoms with Crippen LogP contribution < -0.4 is 10.3 Å². The van der Waals surface area contributed by atoms with E-state index in [1.807, 2.05) is 32.0 Å².